The van der Waals surface area contributed by atoms with Crippen LogP contribution in [0.4, 0.5) is 0 Å². The number of benzene rings is 1. The Kier molecular flexibility index (Phi) is 33.4. The molecule has 6 nitrogen and oxygen atoms in total. The molecule has 1 aromatic rings. The Morgan fingerprint density at radius 3 is 1.00 bits per heavy atom. The lowest BCUT2D eigenvalue weighted by Crippen LogP contribution is -2.21. The van der Waals surface area contributed by atoms with Crippen molar-refractivity contribution >= 4 is 11.9 Å². The first-order valence-electron chi connectivity index (χ1n) is 22.3. The summed E-state index contributed by atoms with van der Waals surface area (Å²) in [5, 5.41) is 0. The third-order valence-electron chi connectivity index (χ3n) is 10.5. The van der Waals surface area contributed by atoms with E-state index in [0.29, 0.717) is 24.3 Å². The molecule has 0 heterocycles. The van der Waals surface area contributed by atoms with Gasteiger partial charge in [-0.2, -0.15) is 0 Å². The lowest BCUT2D eigenvalue weighted by molar-refractivity contribution is 0.0494. The van der Waals surface area contributed by atoms with Gasteiger partial charge in [0, 0.05) is 0 Å². The summed E-state index contributed by atoms with van der Waals surface area (Å²) in [6, 6.07) is 6.72. The topological polar surface area (TPSA) is 59.1 Å². The van der Waals surface area contributed by atoms with Crippen molar-refractivity contribution in [3.63, 3.8) is 0 Å². The summed E-state index contributed by atoms with van der Waals surface area (Å²) in [7, 11) is 4.38. The molecule has 0 amide bonds. The predicted molar refractivity (Wildman–Crippen MR) is 223 cm³/mol. The zero-order valence-corrected chi connectivity index (χ0v) is 34.9. The van der Waals surface area contributed by atoms with Crippen molar-refractivity contribution < 1.29 is 19.1 Å². The number of rotatable bonds is 38. The monoisotopic (exact) mass is 729 g/mol. The molecule has 0 aliphatic heterocycles. The van der Waals surface area contributed by atoms with Crippen LogP contribution >= 0.6 is 0 Å². The van der Waals surface area contributed by atoms with Crippen molar-refractivity contribution in [2.45, 2.75) is 194 Å². The van der Waals surface area contributed by atoms with E-state index in [1.807, 2.05) is 0 Å². The average molecular weight is 729 g/mol. The van der Waals surface area contributed by atoms with Crippen LogP contribution in [0.25, 0.3) is 0 Å². The van der Waals surface area contributed by atoms with E-state index in [-0.39, 0.29) is 11.9 Å². The summed E-state index contributed by atoms with van der Waals surface area (Å²) in [5.74, 6) is -0.758. The maximum absolute atomic E-state index is 12.6. The number of ether oxygens (including phenoxy) is 2. The lowest BCUT2D eigenvalue weighted by Gasteiger charge is -2.16. The summed E-state index contributed by atoms with van der Waals surface area (Å²) < 4.78 is 11.0. The van der Waals surface area contributed by atoms with Gasteiger partial charge in [0.05, 0.1) is 24.3 Å². The Morgan fingerprint density at radius 1 is 0.423 bits per heavy atom. The molecule has 0 N–H and O–H groups in total. The Balaban J connectivity index is 2.02. The van der Waals surface area contributed by atoms with Crippen molar-refractivity contribution in [1.29, 1.82) is 0 Å². The molecule has 0 aliphatic carbocycles. The molecule has 52 heavy (non-hydrogen) atoms. The van der Waals surface area contributed by atoms with Gasteiger partial charge < -0.3 is 19.3 Å². The summed E-state index contributed by atoms with van der Waals surface area (Å²) in [4.78, 5) is 30.1. The van der Waals surface area contributed by atoms with Gasteiger partial charge in [0.1, 0.15) is 0 Å². The molecule has 0 radical (unpaired) electrons. The normalized spacial score (nSPS) is 11.5. The fraction of sp³-hybridized carbons (Fsp3) is 0.826. The fourth-order valence-electron chi connectivity index (χ4n) is 6.91. The maximum atomic E-state index is 12.6. The molecule has 302 valence electrons. The summed E-state index contributed by atoms with van der Waals surface area (Å²) in [6.45, 7) is 9.67. The van der Waals surface area contributed by atoms with E-state index in [2.05, 4.69) is 37.7 Å². The van der Waals surface area contributed by atoms with E-state index >= 15 is 0 Å². The molecule has 1 rings (SSSR count). The number of unbranched alkanes of at least 4 members (excludes halogenated alkanes) is 24. The van der Waals surface area contributed by atoms with E-state index in [0.717, 1.165) is 51.9 Å². The molecular formula is C46H84N2O4. The largest absolute Gasteiger partial charge is 0.462 e. The lowest BCUT2D eigenvalue weighted by atomic mass is 10.1. The number of carbonyl (C=O) groups excluding carboxylic acids is 2. The van der Waals surface area contributed by atoms with Crippen molar-refractivity contribution in [1.82, 2.24) is 9.80 Å². The molecule has 0 unspecified atom stereocenters. The van der Waals surface area contributed by atoms with E-state index in [1.54, 1.807) is 24.3 Å². The van der Waals surface area contributed by atoms with E-state index in [9.17, 15) is 9.59 Å². The predicted octanol–water partition coefficient (Wildman–Crippen LogP) is 12.8. The minimum absolute atomic E-state index is 0.379. The van der Waals surface area contributed by atoms with Gasteiger partial charge >= 0.3 is 11.9 Å². The summed E-state index contributed by atoms with van der Waals surface area (Å²) >= 11 is 0. The second-order valence-electron chi connectivity index (χ2n) is 15.7. The van der Waals surface area contributed by atoms with Crippen LogP contribution in [0.3, 0.4) is 0 Å². The molecule has 0 saturated heterocycles. The Hall–Kier alpha value is -1.92. The van der Waals surface area contributed by atoms with Crippen molar-refractivity contribution in [3.05, 3.63) is 35.4 Å². The Morgan fingerprint density at radius 2 is 0.692 bits per heavy atom. The van der Waals surface area contributed by atoms with Gasteiger partial charge in [0.25, 0.3) is 0 Å². The van der Waals surface area contributed by atoms with Gasteiger partial charge in [-0.25, -0.2) is 9.59 Å². The summed E-state index contributed by atoms with van der Waals surface area (Å²) in [5.41, 5.74) is 0.802. The van der Waals surface area contributed by atoms with E-state index in [4.69, 9.17) is 9.47 Å². The Labute approximate surface area is 322 Å². The van der Waals surface area contributed by atoms with Gasteiger partial charge in [-0.1, -0.05) is 161 Å². The zero-order valence-electron chi connectivity index (χ0n) is 34.9. The van der Waals surface area contributed by atoms with Crippen LogP contribution in [0.15, 0.2) is 24.3 Å². The maximum Gasteiger partial charge on any atom is 0.338 e. The molecular weight excluding hydrogens is 645 g/mol. The van der Waals surface area contributed by atoms with Gasteiger partial charge in [-0.3, -0.25) is 0 Å². The van der Waals surface area contributed by atoms with Crippen molar-refractivity contribution in [2.24, 2.45) is 0 Å². The molecule has 1 aromatic carbocycles. The molecule has 0 aliphatic rings. The highest BCUT2D eigenvalue weighted by Gasteiger charge is 2.13. The van der Waals surface area contributed by atoms with E-state index < -0.39 is 0 Å². The SMILES string of the molecule is CCCCCCCCCCCCCCN(C)CCCCOC(=O)c1cccc(C(=O)OCCCCN(C)CCCCCCCCCCCCCC)c1. The minimum Gasteiger partial charge on any atom is -0.462 e. The third kappa shape index (κ3) is 29.5. The minimum atomic E-state index is -0.379. The van der Waals surface area contributed by atoms with Crippen LogP contribution in [0.2, 0.25) is 0 Å². The van der Waals surface area contributed by atoms with Crippen LogP contribution in [0.5, 0.6) is 0 Å². The molecule has 0 spiro atoms. The molecule has 0 saturated carbocycles. The first-order chi connectivity index (χ1) is 25.5. The summed E-state index contributed by atoms with van der Waals surface area (Å²) in [6.07, 6.45) is 36.8. The fourth-order valence-corrected chi connectivity index (χ4v) is 6.91. The van der Waals surface area contributed by atoms with E-state index in [1.165, 1.54) is 154 Å². The highest BCUT2D eigenvalue weighted by atomic mass is 16.5. The second-order valence-corrected chi connectivity index (χ2v) is 15.7. The smallest absolute Gasteiger partial charge is 0.338 e. The molecule has 6 heteroatoms. The number of hydrogen-bond donors (Lipinski definition) is 0. The highest BCUT2D eigenvalue weighted by molar-refractivity contribution is 5.95. The highest BCUT2D eigenvalue weighted by Crippen LogP contribution is 2.14. The van der Waals surface area contributed by atoms with Crippen LogP contribution < -0.4 is 0 Å². The molecule has 0 atom stereocenters. The van der Waals surface area contributed by atoms with Crippen LogP contribution in [-0.2, 0) is 9.47 Å². The van der Waals surface area contributed by atoms with Crippen LogP contribution in [-0.4, -0.2) is 75.2 Å². The van der Waals surface area contributed by atoms with Gasteiger partial charge in [0.2, 0.25) is 0 Å². The van der Waals surface area contributed by atoms with Gasteiger partial charge in [-0.05, 0) is 97.0 Å². The van der Waals surface area contributed by atoms with Crippen LogP contribution in [0, 0.1) is 0 Å². The van der Waals surface area contributed by atoms with Crippen molar-refractivity contribution in [3.8, 4) is 0 Å². The zero-order chi connectivity index (χ0) is 37.7. The quantitative estimate of drug-likeness (QED) is 0.0499. The second kappa shape index (κ2) is 36.1. The number of esters is 2. The van der Waals surface area contributed by atoms with Gasteiger partial charge in [0.15, 0.2) is 0 Å². The number of carbonyl (C=O) groups is 2. The van der Waals surface area contributed by atoms with Crippen LogP contribution in [0.1, 0.15) is 214 Å². The average Bonchev–Trinajstić information content (AvgIpc) is 3.15. The third-order valence-corrected chi connectivity index (χ3v) is 10.5. The first kappa shape index (κ1) is 48.1. The first-order valence-corrected chi connectivity index (χ1v) is 22.3. The Bertz CT molecular complexity index is 883. The van der Waals surface area contributed by atoms with Gasteiger partial charge in [-0.15, -0.1) is 0 Å². The van der Waals surface area contributed by atoms with Crippen molar-refractivity contribution in [2.75, 3.05) is 53.5 Å². The number of hydrogen-bond acceptors (Lipinski definition) is 6. The molecule has 0 fully saturated rings. The standard InChI is InChI=1S/C46H84N2O4/c1-5-7-9-11-13-15-17-19-21-23-25-27-36-47(3)38-29-31-40-51-45(49)43-34-33-35-44(42-43)46(50)52-41-32-30-39-48(4)37-28-26-24-22-20-18-16-14-12-10-8-6-2/h33-35,42H,5-32,36-41H2,1-4H3. The molecule has 0 bridgehead atoms. The molecule has 0 aromatic heterocycles. The number of nitrogens with zero attached hydrogens (tertiary/aromatic N) is 2.